The summed E-state index contributed by atoms with van der Waals surface area (Å²) < 4.78 is 5.04. The van der Waals surface area contributed by atoms with Crippen molar-refractivity contribution in [1.29, 1.82) is 0 Å². The fraction of sp³-hybridized carbons (Fsp3) is 0.0294. The highest BCUT2D eigenvalue weighted by Gasteiger charge is 2.22. The van der Waals surface area contributed by atoms with Crippen molar-refractivity contribution in [2.75, 3.05) is 0 Å². The first-order valence-electron chi connectivity index (χ1n) is 13.5. The summed E-state index contributed by atoms with van der Waals surface area (Å²) in [6.07, 6.45) is 0. The Morgan fingerprint density at radius 1 is 0.610 bits per heavy atom. The third-order valence-corrected chi connectivity index (χ3v) is 10.2. The average Bonchev–Trinajstić information content (AvgIpc) is 3.56. The van der Waals surface area contributed by atoms with Gasteiger partial charge >= 0.3 is 4.70 Å². The van der Waals surface area contributed by atoms with Crippen molar-refractivity contribution >= 4 is 85.9 Å². The molecule has 3 aromatic heterocycles. The van der Waals surface area contributed by atoms with Crippen LogP contribution in [0.1, 0.15) is 5.82 Å². The van der Waals surface area contributed by atoms with Crippen molar-refractivity contribution in [2.45, 2.75) is 6.92 Å². The van der Waals surface area contributed by atoms with Gasteiger partial charge in [-0.05, 0) is 36.7 Å². The lowest BCUT2D eigenvalue weighted by atomic mass is 9.81. The summed E-state index contributed by atoms with van der Waals surface area (Å²) in [5.74, 6) is 2.12. The second-order valence-corrected chi connectivity index (χ2v) is 12.4. The monoisotopic (exact) mass is 656 g/mol. The average molecular weight is 656 g/mol. The standard InChI is InChI=1S/C34H22BIN4S/c1-21-37-33(39-34(38-21)28-13-8-12-27-26-11-4-7-16-31(26)41-32(27)28)22-17-19-23(20-18-22)35(36)40-29-14-5-2-9-24(29)25-10-3-6-15-30(25)40/h2-20H,1H3. The maximum atomic E-state index is 4.98. The number of para-hydroxylation sites is 2. The SMILES string of the molecule is Cc1nc(-c2ccc(B(I)n3c4ccccc4c4ccccc43)cc2)nc(-c2cccc3c2sc2ccccc23)n1. The lowest BCUT2D eigenvalue weighted by Gasteiger charge is -2.13. The highest BCUT2D eigenvalue weighted by atomic mass is 127. The lowest BCUT2D eigenvalue weighted by Crippen LogP contribution is -2.31. The van der Waals surface area contributed by atoms with Gasteiger partial charge in [0.25, 0.3) is 0 Å². The highest BCUT2D eigenvalue weighted by molar-refractivity contribution is 14.1. The Balaban J connectivity index is 1.19. The molecule has 8 aromatic rings. The third-order valence-electron chi connectivity index (χ3n) is 7.68. The normalized spacial score (nSPS) is 11.7. The van der Waals surface area contributed by atoms with Crippen LogP contribution in [-0.2, 0) is 0 Å². The number of fused-ring (bicyclic) bond motifs is 6. The smallest absolute Gasteiger partial charge is 0.366 e. The maximum absolute atomic E-state index is 4.98. The van der Waals surface area contributed by atoms with Crippen LogP contribution in [0.3, 0.4) is 0 Å². The molecule has 0 unspecified atom stereocenters. The number of nitrogens with zero attached hydrogens (tertiary/aromatic N) is 4. The van der Waals surface area contributed by atoms with Crippen LogP contribution in [0.2, 0.25) is 0 Å². The molecular formula is C34H22BIN4S. The number of rotatable bonds is 4. The van der Waals surface area contributed by atoms with Gasteiger partial charge in [-0.3, -0.25) is 0 Å². The zero-order valence-corrected chi connectivity index (χ0v) is 25.1. The first-order chi connectivity index (χ1) is 20.2. The second-order valence-electron chi connectivity index (χ2n) is 10.2. The van der Waals surface area contributed by atoms with Gasteiger partial charge < -0.3 is 4.48 Å². The van der Waals surface area contributed by atoms with E-state index in [1.165, 1.54) is 47.4 Å². The molecule has 0 radical (unpaired) electrons. The Morgan fingerprint density at radius 2 is 1.22 bits per heavy atom. The summed E-state index contributed by atoms with van der Waals surface area (Å²) >= 11 is 4.34. The molecule has 7 heteroatoms. The zero-order valence-electron chi connectivity index (χ0n) is 22.1. The Hall–Kier alpha value is -4.08. The van der Waals surface area contributed by atoms with Crippen LogP contribution in [0.4, 0.5) is 0 Å². The molecule has 0 N–H and O–H groups in total. The molecule has 0 amide bonds. The molecular weight excluding hydrogens is 634 g/mol. The molecule has 4 nitrogen and oxygen atoms in total. The number of hydrogen-bond donors (Lipinski definition) is 0. The van der Waals surface area contributed by atoms with Crippen molar-refractivity contribution in [2.24, 2.45) is 0 Å². The Bertz CT molecular complexity index is 2200. The summed E-state index contributed by atoms with van der Waals surface area (Å²) in [5.41, 5.74) is 5.73. The number of hydrogen-bond acceptors (Lipinski definition) is 4. The van der Waals surface area contributed by atoms with Crippen LogP contribution in [-0.4, -0.2) is 24.1 Å². The van der Waals surface area contributed by atoms with Crippen LogP contribution < -0.4 is 5.46 Å². The van der Waals surface area contributed by atoms with E-state index >= 15 is 0 Å². The minimum absolute atomic E-state index is 0.132. The molecule has 0 bridgehead atoms. The van der Waals surface area contributed by atoms with Gasteiger partial charge in [0, 0.05) is 53.1 Å². The van der Waals surface area contributed by atoms with E-state index in [0.29, 0.717) is 17.5 Å². The van der Waals surface area contributed by atoms with E-state index in [1.807, 2.05) is 6.92 Å². The summed E-state index contributed by atoms with van der Waals surface area (Å²) in [4.78, 5) is 14.5. The van der Waals surface area contributed by atoms with Crippen LogP contribution in [0, 0.1) is 6.92 Å². The van der Waals surface area contributed by atoms with Gasteiger partial charge in [-0.25, -0.2) is 15.0 Å². The third kappa shape index (κ3) is 4.06. The fourth-order valence-electron chi connectivity index (χ4n) is 5.79. The number of aryl methyl sites for hydroxylation is 1. The van der Waals surface area contributed by atoms with E-state index in [0.717, 1.165) is 11.1 Å². The molecule has 0 aliphatic rings. The van der Waals surface area contributed by atoms with Crippen molar-refractivity contribution in [3.8, 4) is 22.8 Å². The Kier molecular flexibility index (Phi) is 5.89. The van der Waals surface area contributed by atoms with Crippen molar-refractivity contribution in [3.63, 3.8) is 0 Å². The van der Waals surface area contributed by atoms with Crippen molar-refractivity contribution < 1.29 is 0 Å². The van der Waals surface area contributed by atoms with Crippen LogP contribution in [0.25, 0.3) is 64.8 Å². The largest absolute Gasteiger partial charge is 0.371 e. The molecule has 0 saturated heterocycles. The van der Waals surface area contributed by atoms with Gasteiger partial charge in [0.2, 0.25) is 0 Å². The Labute approximate surface area is 254 Å². The van der Waals surface area contributed by atoms with Crippen LogP contribution in [0.5, 0.6) is 0 Å². The van der Waals surface area contributed by atoms with Crippen LogP contribution in [0.15, 0.2) is 115 Å². The topological polar surface area (TPSA) is 43.6 Å². The van der Waals surface area contributed by atoms with Crippen molar-refractivity contribution in [1.82, 2.24) is 19.4 Å². The van der Waals surface area contributed by atoms with Crippen molar-refractivity contribution in [3.05, 3.63) is 121 Å². The van der Waals surface area contributed by atoms with E-state index in [9.17, 15) is 0 Å². The molecule has 8 rings (SSSR count). The molecule has 0 atom stereocenters. The molecule has 194 valence electrons. The molecule has 5 aromatic carbocycles. The molecule has 0 aliphatic heterocycles. The molecule has 41 heavy (non-hydrogen) atoms. The molecule has 0 saturated carbocycles. The van der Waals surface area contributed by atoms with Gasteiger partial charge in [-0.2, -0.15) is 0 Å². The first kappa shape index (κ1) is 24.7. The minimum atomic E-state index is 0.132. The lowest BCUT2D eigenvalue weighted by molar-refractivity contribution is 0.993. The molecule has 0 fully saturated rings. The van der Waals surface area contributed by atoms with Gasteiger partial charge in [0.1, 0.15) is 5.82 Å². The molecule has 3 heterocycles. The molecule has 0 aliphatic carbocycles. The minimum Gasteiger partial charge on any atom is -0.371 e. The number of aromatic nitrogens is 4. The van der Waals surface area contributed by atoms with Crippen LogP contribution >= 0.6 is 33.7 Å². The van der Waals surface area contributed by atoms with Gasteiger partial charge in [-0.1, -0.05) is 91.0 Å². The zero-order chi connectivity index (χ0) is 27.5. The van der Waals surface area contributed by atoms with Gasteiger partial charge in [-0.15, -0.1) is 33.7 Å². The summed E-state index contributed by atoms with van der Waals surface area (Å²) in [6, 6.07) is 40.9. The highest BCUT2D eigenvalue weighted by Crippen LogP contribution is 2.39. The quantitative estimate of drug-likeness (QED) is 0.141. The first-order valence-corrected chi connectivity index (χ1v) is 15.6. The summed E-state index contributed by atoms with van der Waals surface area (Å²) in [6.45, 7) is 1.94. The number of benzene rings is 5. The summed E-state index contributed by atoms with van der Waals surface area (Å²) in [7, 11) is 0. The van der Waals surface area contributed by atoms with E-state index in [-0.39, 0.29) is 4.70 Å². The van der Waals surface area contributed by atoms with E-state index in [1.54, 1.807) is 11.3 Å². The van der Waals surface area contributed by atoms with E-state index < -0.39 is 0 Å². The van der Waals surface area contributed by atoms with Gasteiger partial charge in [0.05, 0.1) is 0 Å². The maximum Gasteiger partial charge on any atom is 0.366 e. The van der Waals surface area contributed by atoms with E-state index in [4.69, 9.17) is 15.0 Å². The fourth-order valence-corrected chi connectivity index (χ4v) is 8.02. The molecule has 0 spiro atoms. The predicted molar refractivity (Wildman–Crippen MR) is 183 cm³/mol. The number of halogens is 1. The Morgan fingerprint density at radius 3 is 1.95 bits per heavy atom. The second kappa shape index (κ2) is 9.78. The predicted octanol–water partition coefficient (Wildman–Crippen LogP) is 8.67. The van der Waals surface area contributed by atoms with E-state index in [2.05, 4.69) is 142 Å². The summed E-state index contributed by atoms with van der Waals surface area (Å²) in [5, 5.41) is 5.07. The van der Waals surface area contributed by atoms with Gasteiger partial charge in [0.15, 0.2) is 11.6 Å². The number of thiophene rings is 1.